The summed E-state index contributed by atoms with van der Waals surface area (Å²) < 4.78 is 6.10. The van der Waals surface area contributed by atoms with Gasteiger partial charge in [0.2, 0.25) is 17.7 Å². The number of aliphatic hydroxyl groups excluding tert-OH is 1. The van der Waals surface area contributed by atoms with E-state index in [0.29, 0.717) is 42.9 Å². The number of phenols is 1. The van der Waals surface area contributed by atoms with Gasteiger partial charge in [-0.05, 0) is 54.9 Å². The van der Waals surface area contributed by atoms with Crippen LogP contribution in [0.5, 0.6) is 11.5 Å². The molecule has 3 heterocycles. The first-order chi connectivity index (χ1) is 25.2. The molecule has 6 N–H and O–H groups in total. The molecule has 4 aliphatic rings. The number of thiazole rings is 1. The molecule has 3 aliphatic carbocycles. The van der Waals surface area contributed by atoms with E-state index in [9.17, 15) is 24.6 Å². The van der Waals surface area contributed by atoms with Crippen molar-refractivity contribution in [2.75, 3.05) is 18.9 Å². The summed E-state index contributed by atoms with van der Waals surface area (Å²) in [7, 11) is 0. The molecule has 1 saturated heterocycles. The molecule has 3 saturated carbocycles. The highest BCUT2D eigenvalue weighted by Crippen LogP contribution is 2.73. The third-order valence-corrected chi connectivity index (χ3v) is 11.8. The molecule has 278 valence electrons. The van der Waals surface area contributed by atoms with E-state index in [4.69, 9.17) is 10.5 Å². The number of phenolic OH excluding ortho intramolecular Hbond substituents is 1. The third-order valence-electron chi connectivity index (χ3n) is 10.8. The highest BCUT2D eigenvalue weighted by molar-refractivity contribution is 7.13. The molecule has 2 aromatic heterocycles. The lowest BCUT2D eigenvalue weighted by molar-refractivity contribution is -0.218. The number of aryl methyl sites for hydroxylation is 1. The van der Waals surface area contributed by atoms with Crippen LogP contribution in [0.1, 0.15) is 57.7 Å². The lowest BCUT2D eigenvalue weighted by Gasteiger charge is -2.69. The summed E-state index contributed by atoms with van der Waals surface area (Å²) in [5, 5.41) is 34.9. The van der Waals surface area contributed by atoms with Crippen LogP contribution in [0.25, 0.3) is 21.7 Å². The molecule has 0 radical (unpaired) electrons. The maximum absolute atomic E-state index is 14.1. The standard InChI is InChI=1S/C39H45N7O6S/c1-22-31(53-21-42-22)24-11-9-23(10-12-24)15-41-34(49)28-13-25(47)16-46(28)35(50)32(37(2,3)4)43-36(51)39-17-38(18-39,19-39)20-52-30-14-27(44-45-33(30)40)26-7-5-6-8-29(26)48/h5-12,14,21,25,28,32,47-48H,13,15-20H2,1-4H3,(H2,40,45)(H,41,49)(H,43,51)/t25-,28+,32-,38?,39?/m1/s1. The number of nitrogens with two attached hydrogens (primary N) is 1. The minimum Gasteiger partial charge on any atom is -0.507 e. The Labute approximate surface area is 312 Å². The second kappa shape index (κ2) is 13.7. The van der Waals surface area contributed by atoms with Crippen molar-refractivity contribution in [2.45, 2.75) is 78.1 Å². The lowest BCUT2D eigenvalue weighted by atomic mass is 9.35. The maximum Gasteiger partial charge on any atom is 0.246 e. The van der Waals surface area contributed by atoms with Crippen molar-refractivity contribution >= 4 is 34.9 Å². The van der Waals surface area contributed by atoms with Crippen molar-refractivity contribution in [3.8, 4) is 33.2 Å². The number of hydrogen-bond donors (Lipinski definition) is 5. The Morgan fingerprint density at radius 2 is 1.81 bits per heavy atom. The summed E-state index contributed by atoms with van der Waals surface area (Å²) in [5.41, 5.74) is 10.3. The number of β-amino-alcohol motifs (C(OH)–C–C–N with tert-alkyl or cyclic N) is 1. The molecule has 4 fully saturated rings. The minimum absolute atomic E-state index is 0.00641. The first-order valence-corrected chi connectivity index (χ1v) is 18.7. The largest absolute Gasteiger partial charge is 0.507 e. The summed E-state index contributed by atoms with van der Waals surface area (Å²) in [5.74, 6) is -0.390. The fraction of sp³-hybridized carbons (Fsp3) is 0.436. The predicted octanol–water partition coefficient (Wildman–Crippen LogP) is 4.22. The molecule has 0 unspecified atom stereocenters. The van der Waals surface area contributed by atoms with Crippen LogP contribution in [-0.4, -0.2) is 79.4 Å². The summed E-state index contributed by atoms with van der Waals surface area (Å²) in [6, 6.07) is 14.6. The molecule has 3 atom stereocenters. The van der Waals surface area contributed by atoms with Crippen LogP contribution >= 0.6 is 11.3 Å². The molecule has 2 bridgehead atoms. The molecule has 2 aromatic carbocycles. The Morgan fingerprint density at radius 3 is 2.47 bits per heavy atom. The highest BCUT2D eigenvalue weighted by atomic mass is 32.1. The quantitative estimate of drug-likeness (QED) is 0.149. The van der Waals surface area contributed by atoms with Crippen LogP contribution in [-0.2, 0) is 20.9 Å². The van der Waals surface area contributed by atoms with E-state index in [1.165, 1.54) is 4.90 Å². The van der Waals surface area contributed by atoms with Crippen molar-refractivity contribution in [1.29, 1.82) is 0 Å². The normalized spacial score (nSPS) is 23.8. The number of rotatable bonds is 11. The third kappa shape index (κ3) is 7.05. The van der Waals surface area contributed by atoms with Gasteiger partial charge in [0.05, 0.1) is 34.2 Å². The van der Waals surface area contributed by atoms with Crippen molar-refractivity contribution in [2.24, 2.45) is 16.2 Å². The van der Waals surface area contributed by atoms with Gasteiger partial charge in [-0.15, -0.1) is 21.5 Å². The number of anilines is 1. The van der Waals surface area contributed by atoms with Gasteiger partial charge < -0.3 is 36.2 Å². The number of ether oxygens (including phenoxy) is 1. The Bertz CT molecular complexity index is 2020. The molecule has 53 heavy (non-hydrogen) atoms. The van der Waals surface area contributed by atoms with Gasteiger partial charge in [-0.2, -0.15) is 0 Å². The number of aliphatic hydroxyl groups is 1. The fourth-order valence-electron chi connectivity index (χ4n) is 8.01. The number of benzene rings is 2. The Balaban J connectivity index is 0.952. The van der Waals surface area contributed by atoms with Crippen LogP contribution in [0.2, 0.25) is 0 Å². The number of likely N-dealkylation sites (tertiary alicyclic amines) is 1. The number of aromatic nitrogens is 3. The molecule has 4 aromatic rings. The van der Waals surface area contributed by atoms with Gasteiger partial charge >= 0.3 is 0 Å². The van der Waals surface area contributed by atoms with Crippen LogP contribution < -0.4 is 21.1 Å². The number of nitrogen functional groups attached to an aromatic ring is 1. The van der Waals surface area contributed by atoms with Gasteiger partial charge in [0.15, 0.2) is 11.6 Å². The second-order valence-electron chi connectivity index (χ2n) is 15.9. The zero-order valence-corrected chi connectivity index (χ0v) is 31.1. The average Bonchev–Trinajstić information content (AvgIpc) is 3.70. The van der Waals surface area contributed by atoms with Gasteiger partial charge in [0.25, 0.3) is 0 Å². The Hall–Kier alpha value is -5.08. The van der Waals surface area contributed by atoms with Crippen LogP contribution in [0, 0.1) is 23.2 Å². The number of para-hydroxylation sites is 1. The molecule has 8 rings (SSSR count). The first-order valence-electron chi connectivity index (χ1n) is 17.8. The highest BCUT2D eigenvalue weighted by Gasteiger charge is 2.72. The summed E-state index contributed by atoms with van der Waals surface area (Å²) in [6.45, 7) is 8.21. The number of carbonyl (C=O) groups is 3. The van der Waals surface area contributed by atoms with Crippen molar-refractivity contribution < 1.29 is 29.3 Å². The SMILES string of the molecule is Cc1ncsc1-c1ccc(CNC(=O)[C@@H]2C[C@@H](O)CN2C(=O)[C@@H](NC(=O)C23CC(COc4cc(-c5ccccc5O)nnc4N)(C2)C3)C(C)(C)C)cc1. The van der Waals surface area contributed by atoms with E-state index in [0.717, 1.165) is 21.7 Å². The van der Waals surface area contributed by atoms with Gasteiger partial charge in [-0.25, -0.2) is 4.98 Å². The smallest absolute Gasteiger partial charge is 0.246 e. The van der Waals surface area contributed by atoms with E-state index in [1.54, 1.807) is 41.7 Å². The van der Waals surface area contributed by atoms with E-state index >= 15 is 0 Å². The van der Waals surface area contributed by atoms with Gasteiger partial charge in [-0.3, -0.25) is 14.4 Å². The lowest BCUT2D eigenvalue weighted by Crippen LogP contribution is -2.71. The van der Waals surface area contributed by atoms with E-state index in [2.05, 4.69) is 25.8 Å². The molecule has 14 heteroatoms. The summed E-state index contributed by atoms with van der Waals surface area (Å²) in [6.07, 6.45) is 1.05. The predicted molar refractivity (Wildman–Crippen MR) is 199 cm³/mol. The number of nitrogens with one attached hydrogen (secondary N) is 2. The zero-order chi connectivity index (χ0) is 37.7. The van der Waals surface area contributed by atoms with Gasteiger partial charge in [-0.1, -0.05) is 57.2 Å². The maximum atomic E-state index is 14.1. The second-order valence-corrected chi connectivity index (χ2v) is 16.8. The van der Waals surface area contributed by atoms with E-state index < -0.39 is 34.9 Å². The van der Waals surface area contributed by atoms with Crippen molar-refractivity contribution in [1.82, 2.24) is 30.7 Å². The Morgan fingerprint density at radius 1 is 1.09 bits per heavy atom. The number of carbonyl (C=O) groups excluding carboxylic acids is 3. The summed E-state index contributed by atoms with van der Waals surface area (Å²) in [4.78, 5) is 48.3. The van der Waals surface area contributed by atoms with Crippen LogP contribution in [0.4, 0.5) is 5.82 Å². The minimum atomic E-state index is -0.907. The topological polar surface area (TPSA) is 193 Å². The van der Waals surface area contributed by atoms with E-state index in [1.807, 2.05) is 57.5 Å². The van der Waals surface area contributed by atoms with E-state index in [-0.39, 0.29) is 48.3 Å². The Kier molecular flexibility index (Phi) is 9.39. The number of nitrogens with zero attached hydrogens (tertiary/aromatic N) is 4. The number of hydrogen-bond acceptors (Lipinski definition) is 11. The van der Waals surface area contributed by atoms with Crippen molar-refractivity contribution in [3.05, 3.63) is 71.4 Å². The first kappa shape index (κ1) is 36.3. The summed E-state index contributed by atoms with van der Waals surface area (Å²) >= 11 is 1.58. The van der Waals surface area contributed by atoms with Crippen molar-refractivity contribution in [3.63, 3.8) is 0 Å². The average molecular weight is 740 g/mol. The van der Waals surface area contributed by atoms with Crippen LogP contribution in [0.15, 0.2) is 60.1 Å². The molecule has 0 spiro atoms. The molecular weight excluding hydrogens is 695 g/mol. The van der Waals surface area contributed by atoms with Crippen LogP contribution in [0.3, 0.4) is 0 Å². The molecule has 1 aliphatic heterocycles. The molecular formula is C39H45N7O6S. The zero-order valence-electron chi connectivity index (χ0n) is 30.3. The fourth-order valence-corrected chi connectivity index (χ4v) is 8.82. The monoisotopic (exact) mass is 739 g/mol. The van der Waals surface area contributed by atoms with Gasteiger partial charge in [0, 0.05) is 36.6 Å². The molecule has 13 nitrogen and oxygen atoms in total. The van der Waals surface area contributed by atoms with Gasteiger partial charge in [0.1, 0.15) is 23.5 Å². The number of aromatic hydroxyl groups is 1. The molecule has 3 amide bonds. The number of amides is 3.